The molecule has 3 rings (SSSR count). The van der Waals surface area contributed by atoms with Crippen LogP contribution in [0.15, 0.2) is 4.79 Å². The number of hydrogen-bond acceptors (Lipinski definition) is 4. The number of fused-ring (bicyclic) bond motifs is 1. The first-order chi connectivity index (χ1) is 11.3. The third-order valence-electron chi connectivity index (χ3n) is 4.76. The summed E-state index contributed by atoms with van der Waals surface area (Å²) in [4.78, 5) is 41.8. The van der Waals surface area contributed by atoms with Crippen LogP contribution in [0, 0.1) is 13.8 Å². The smallest absolute Gasteiger partial charge is 0.326 e. The number of carbonyl (C=O) groups is 2. The van der Waals surface area contributed by atoms with Crippen molar-refractivity contribution in [2.45, 2.75) is 39.2 Å². The van der Waals surface area contributed by atoms with Gasteiger partial charge in [0.1, 0.15) is 6.04 Å². The molecule has 2 aromatic rings. The number of aromatic amines is 1. The predicted molar refractivity (Wildman–Crippen MR) is 86.9 cm³/mol. The van der Waals surface area contributed by atoms with Gasteiger partial charge in [0.15, 0.2) is 5.65 Å². The zero-order valence-electron chi connectivity index (χ0n) is 13.9. The quantitative estimate of drug-likeness (QED) is 0.851. The number of aliphatic carboxylic acids is 1. The van der Waals surface area contributed by atoms with Crippen LogP contribution in [0.3, 0.4) is 0 Å². The topological polar surface area (TPSA) is 108 Å². The minimum Gasteiger partial charge on any atom is -0.480 e. The number of nitrogens with zero attached hydrogens (tertiary/aromatic N) is 3. The number of amides is 1. The lowest BCUT2D eigenvalue weighted by molar-refractivity contribution is -0.148. The highest BCUT2D eigenvalue weighted by Crippen LogP contribution is 2.23. The van der Waals surface area contributed by atoms with Gasteiger partial charge in [0.2, 0.25) is 5.91 Å². The van der Waals surface area contributed by atoms with Gasteiger partial charge in [-0.25, -0.2) is 9.78 Å². The lowest BCUT2D eigenvalue weighted by Gasteiger charge is -2.22. The number of likely N-dealkylation sites (tertiary alicyclic amines) is 1. The Morgan fingerprint density at radius 2 is 2.08 bits per heavy atom. The Hall–Kier alpha value is -2.64. The molecule has 3 heterocycles. The molecule has 0 aromatic carbocycles. The molecule has 0 radical (unpaired) electrons. The summed E-state index contributed by atoms with van der Waals surface area (Å²) in [5, 5.41) is 12.4. The molecule has 1 saturated heterocycles. The molecule has 1 unspecified atom stereocenters. The van der Waals surface area contributed by atoms with Crippen LogP contribution in [0.1, 0.15) is 29.7 Å². The number of rotatable bonds is 3. The van der Waals surface area contributed by atoms with Crippen molar-refractivity contribution < 1.29 is 14.7 Å². The number of carbonyl (C=O) groups excluding carboxylic acids is 1. The van der Waals surface area contributed by atoms with E-state index in [1.807, 2.05) is 0 Å². The molecule has 1 atom stereocenters. The van der Waals surface area contributed by atoms with Gasteiger partial charge in [-0.15, -0.1) is 0 Å². The van der Waals surface area contributed by atoms with Gasteiger partial charge >= 0.3 is 5.97 Å². The lowest BCUT2D eigenvalue weighted by Crippen LogP contribution is -2.41. The predicted octanol–water partition coefficient (Wildman–Crippen LogP) is 0.497. The van der Waals surface area contributed by atoms with E-state index in [9.17, 15) is 19.5 Å². The summed E-state index contributed by atoms with van der Waals surface area (Å²) in [5.41, 5.74) is 2.40. The zero-order chi connectivity index (χ0) is 17.6. The molecule has 1 aliphatic rings. The maximum Gasteiger partial charge on any atom is 0.326 e. The van der Waals surface area contributed by atoms with E-state index in [-0.39, 0.29) is 17.9 Å². The van der Waals surface area contributed by atoms with E-state index in [4.69, 9.17) is 0 Å². The highest BCUT2D eigenvalue weighted by molar-refractivity contribution is 5.88. The number of aryl methyl sites for hydroxylation is 3. The van der Waals surface area contributed by atoms with Crippen molar-refractivity contribution in [1.82, 2.24) is 19.7 Å². The fraction of sp³-hybridized carbons (Fsp3) is 0.500. The maximum absolute atomic E-state index is 12.6. The lowest BCUT2D eigenvalue weighted by atomic mass is 10.0. The molecule has 8 heteroatoms. The van der Waals surface area contributed by atoms with Gasteiger partial charge in [0.05, 0.1) is 11.8 Å². The maximum atomic E-state index is 12.6. The highest BCUT2D eigenvalue weighted by Gasteiger charge is 2.34. The SMILES string of the molecule is Cc1nc2c(c(C)c1CC(=O)N1CCCC1C(=O)O)c(=O)[nH]n2C. The summed E-state index contributed by atoms with van der Waals surface area (Å²) in [6.07, 6.45) is 1.23. The summed E-state index contributed by atoms with van der Waals surface area (Å²) in [5.74, 6) is -1.21. The third kappa shape index (κ3) is 2.47. The Labute approximate surface area is 138 Å². The van der Waals surface area contributed by atoms with Crippen LogP contribution in [-0.2, 0) is 23.1 Å². The molecular weight excluding hydrogens is 312 g/mol. The van der Waals surface area contributed by atoms with Crippen LogP contribution < -0.4 is 5.56 Å². The molecule has 8 nitrogen and oxygen atoms in total. The first-order valence-electron chi connectivity index (χ1n) is 7.88. The van der Waals surface area contributed by atoms with Crippen molar-refractivity contribution >= 4 is 22.9 Å². The van der Waals surface area contributed by atoms with E-state index in [0.29, 0.717) is 41.7 Å². The van der Waals surface area contributed by atoms with Gasteiger partial charge in [-0.05, 0) is 37.8 Å². The first kappa shape index (κ1) is 16.2. The molecule has 1 amide bonds. The van der Waals surface area contributed by atoms with Crippen LogP contribution in [0.5, 0.6) is 0 Å². The Kier molecular flexibility index (Phi) is 3.90. The van der Waals surface area contributed by atoms with Crippen molar-refractivity contribution in [3.8, 4) is 0 Å². The Bertz CT molecular complexity index is 896. The zero-order valence-corrected chi connectivity index (χ0v) is 13.9. The van der Waals surface area contributed by atoms with Crippen molar-refractivity contribution in [1.29, 1.82) is 0 Å². The van der Waals surface area contributed by atoms with E-state index in [1.54, 1.807) is 25.6 Å². The fourth-order valence-corrected chi connectivity index (χ4v) is 3.48. The normalized spacial score (nSPS) is 17.6. The number of aromatic nitrogens is 3. The minimum absolute atomic E-state index is 0.0543. The van der Waals surface area contributed by atoms with Crippen molar-refractivity contribution in [2.24, 2.45) is 7.05 Å². The molecule has 0 aliphatic carbocycles. The Morgan fingerprint density at radius 3 is 2.75 bits per heavy atom. The van der Waals surface area contributed by atoms with E-state index < -0.39 is 12.0 Å². The standard InChI is InChI=1S/C16H20N4O4/c1-8-10(7-12(21)20-6-4-5-11(20)16(23)24)9(2)17-14-13(8)15(22)18-19(14)3/h11H,4-7H2,1-3H3,(H,18,22)(H,23,24). The number of nitrogens with one attached hydrogen (secondary N) is 1. The second kappa shape index (κ2) is 5.77. The van der Waals surface area contributed by atoms with Crippen LogP contribution in [-0.4, -0.2) is 49.2 Å². The van der Waals surface area contributed by atoms with Crippen LogP contribution >= 0.6 is 0 Å². The summed E-state index contributed by atoms with van der Waals surface area (Å²) in [6, 6.07) is -0.755. The average molecular weight is 332 g/mol. The minimum atomic E-state index is -0.970. The van der Waals surface area contributed by atoms with E-state index in [1.165, 1.54) is 4.90 Å². The number of carboxylic acid groups (broad SMARTS) is 1. The second-order valence-electron chi connectivity index (χ2n) is 6.26. The van der Waals surface area contributed by atoms with Gasteiger partial charge in [-0.1, -0.05) is 0 Å². The van der Waals surface area contributed by atoms with Gasteiger partial charge in [0.25, 0.3) is 5.56 Å². The molecule has 1 fully saturated rings. The largest absolute Gasteiger partial charge is 0.480 e. The summed E-state index contributed by atoms with van der Waals surface area (Å²) < 4.78 is 1.56. The van der Waals surface area contributed by atoms with E-state index in [0.717, 1.165) is 5.56 Å². The first-order valence-corrected chi connectivity index (χ1v) is 7.88. The summed E-state index contributed by atoms with van der Waals surface area (Å²) in [7, 11) is 1.71. The van der Waals surface area contributed by atoms with E-state index >= 15 is 0 Å². The molecule has 128 valence electrons. The third-order valence-corrected chi connectivity index (χ3v) is 4.76. The molecule has 24 heavy (non-hydrogen) atoms. The summed E-state index contributed by atoms with van der Waals surface area (Å²) in [6.45, 7) is 4.05. The van der Waals surface area contributed by atoms with Crippen molar-refractivity contribution in [2.75, 3.05) is 6.54 Å². The summed E-state index contributed by atoms with van der Waals surface area (Å²) >= 11 is 0. The van der Waals surface area contributed by atoms with Gasteiger partial charge < -0.3 is 10.0 Å². The van der Waals surface area contributed by atoms with E-state index in [2.05, 4.69) is 10.1 Å². The van der Waals surface area contributed by atoms with Crippen LogP contribution in [0.4, 0.5) is 0 Å². The average Bonchev–Trinajstić information content (AvgIpc) is 3.09. The molecule has 0 spiro atoms. The molecule has 2 aromatic heterocycles. The van der Waals surface area contributed by atoms with Gasteiger partial charge in [-0.3, -0.25) is 19.4 Å². The van der Waals surface area contributed by atoms with Crippen molar-refractivity contribution in [3.63, 3.8) is 0 Å². The molecule has 0 saturated carbocycles. The van der Waals surface area contributed by atoms with Crippen molar-refractivity contribution in [3.05, 3.63) is 27.2 Å². The molecule has 1 aliphatic heterocycles. The molecular formula is C16H20N4O4. The van der Waals surface area contributed by atoms with Crippen LogP contribution in [0.25, 0.3) is 11.0 Å². The Morgan fingerprint density at radius 1 is 1.38 bits per heavy atom. The molecule has 0 bridgehead atoms. The number of pyridine rings is 1. The number of hydrogen-bond donors (Lipinski definition) is 2. The Balaban J connectivity index is 1.98. The number of carboxylic acids is 1. The fourth-order valence-electron chi connectivity index (χ4n) is 3.48. The van der Waals surface area contributed by atoms with Gasteiger partial charge in [-0.2, -0.15) is 0 Å². The van der Waals surface area contributed by atoms with Crippen LogP contribution in [0.2, 0.25) is 0 Å². The number of H-pyrrole nitrogens is 1. The van der Waals surface area contributed by atoms with Gasteiger partial charge in [0, 0.05) is 19.3 Å². The monoisotopic (exact) mass is 332 g/mol. The molecule has 2 N–H and O–H groups in total. The highest BCUT2D eigenvalue weighted by atomic mass is 16.4. The second-order valence-corrected chi connectivity index (χ2v) is 6.26.